The van der Waals surface area contributed by atoms with Crippen molar-refractivity contribution in [2.75, 3.05) is 39.8 Å². The fourth-order valence-electron chi connectivity index (χ4n) is 2.19. The molecule has 1 aromatic carbocycles. The molecule has 108 valence electrons. The number of nitrogens with one attached hydrogen (secondary N) is 1. The summed E-state index contributed by atoms with van der Waals surface area (Å²) in [7, 11) is 2.06. The van der Waals surface area contributed by atoms with Gasteiger partial charge in [-0.15, -0.1) is 0 Å². The lowest BCUT2D eigenvalue weighted by atomic mass is 10.2. The summed E-state index contributed by atoms with van der Waals surface area (Å²) in [6, 6.07) is 9.04. The zero-order chi connectivity index (χ0) is 14.4. The summed E-state index contributed by atoms with van der Waals surface area (Å²) in [6.45, 7) is 3.78. The van der Waals surface area contributed by atoms with E-state index in [-0.39, 0.29) is 11.8 Å². The first-order chi connectivity index (χ1) is 9.66. The van der Waals surface area contributed by atoms with Crippen LogP contribution in [-0.2, 0) is 4.79 Å². The van der Waals surface area contributed by atoms with Crippen molar-refractivity contribution in [1.82, 2.24) is 15.1 Å². The number of carbonyl (C=O) groups excluding carboxylic acids is 2. The van der Waals surface area contributed by atoms with Crippen LogP contribution in [0.15, 0.2) is 30.3 Å². The molecule has 1 aromatic rings. The molecular weight excluding hydrogens is 254 g/mol. The van der Waals surface area contributed by atoms with Gasteiger partial charge in [0.25, 0.3) is 5.91 Å². The van der Waals surface area contributed by atoms with Crippen LogP contribution in [0.25, 0.3) is 0 Å². The quantitative estimate of drug-likeness (QED) is 0.874. The Bertz CT molecular complexity index is 453. The minimum absolute atomic E-state index is 0.117. The van der Waals surface area contributed by atoms with Gasteiger partial charge in [0.05, 0.1) is 0 Å². The minimum Gasteiger partial charge on any atom is -0.352 e. The molecule has 1 aliphatic heterocycles. The fourth-order valence-corrected chi connectivity index (χ4v) is 2.19. The van der Waals surface area contributed by atoms with Crippen LogP contribution in [-0.4, -0.2) is 61.4 Å². The molecule has 5 nitrogen and oxygen atoms in total. The molecule has 0 bridgehead atoms. The molecule has 0 unspecified atom stereocenters. The Hall–Kier alpha value is -1.88. The van der Waals surface area contributed by atoms with E-state index in [4.69, 9.17) is 0 Å². The van der Waals surface area contributed by atoms with Gasteiger partial charge in [-0.05, 0) is 19.2 Å². The van der Waals surface area contributed by atoms with Crippen LogP contribution in [0.5, 0.6) is 0 Å². The van der Waals surface area contributed by atoms with Gasteiger partial charge < -0.3 is 15.1 Å². The second kappa shape index (κ2) is 7.05. The summed E-state index contributed by atoms with van der Waals surface area (Å²) < 4.78 is 0. The van der Waals surface area contributed by atoms with Gasteiger partial charge in [0, 0.05) is 44.7 Å². The first kappa shape index (κ1) is 14.5. The highest BCUT2D eigenvalue weighted by atomic mass is 16.2. The number of nitrogens with zero attached hydrogens (tertiary/aromatic N) is 2. The van der Waals surface area contributed by atoms with Crippen molar-refractivity contribution in [3.05, 3.63) is 35.9 Å². The van der Waals surface area contributed by atoms with Gasteiger partial charge in [0.15, 0.2) is 0 Å². The van der Waals surface area contributed by atoms with Crippen LogP contribution < -0.4 is 5.32 Å². The van der Waals surface area contributed by atoms with E-state index in [1.165, 1.54) is 0 Å². The van der Waals surface area contributed by atoms with Crippen molar-refractivity contribution in [3.8, 4) is 0 Å². The van der Waals surface area contributed by atoms with Gasteiger partial charge in [0.1, 0.15) is 0 Å². The number of likely N-dealkylation sites (N-methyl/N-ethyl adjacent to an activating group) is 1. The molecule has 1 aliphatic rings. The van der Waals surface area contributed by atoms with Gasteiger partial charge >= 0.3 is 0 Å². The number of piperazine rings is 1. The SMILES string of the molecule is CN1CCN(C(=O)CCNC(=O)c2ccccc2)CC1. The van der Waals surface area contributed by atoms with Crippen LogP contribution >= 0.6 is 0 Å². The van der Waals surface area contributed by atoms with Crippen molar-refractivity contribution in [2.45, 2.75) is 6.42 Å². The summed E-state index contributed by atoms with van der Waals surface area (Å²) in [5, 5.41) is 2.78. The Morgan fingerprint density at radius 3 is 2.40 bits per heavy atom. The third kappa shape index (κ3) is 4.06. The standard InChI is InChI=1S/C15H21N3O2/c1-17-9-11-18(12-10-17)14(19)7-8-16-15(20)13-5-3-2-4-6-13/h2-6H,7-12H2,1H3,(H,16,20). The number of amides is 2. The van der Waals surface area contributed by atoms with Crippen LogP contribution in [0.3, 0.4) is 0 Å². The zero-order valence-corrected chi connectivity index (χ0v) is 11.8. The molecule has 0 spiro atoms. The highest BCUT2D eigenvalue weighted by Gasteiger charge is 2.18. The van der Waals surface area contributed by atoms with Gasteiger partial charge in [0.2, 0.25) is 5.91 Å². The Morgan fingerprint density at radius 1 is 1.10 bits per heavy atom. The number of rotatable bonds is 4. The highest BCUT2D eigenvalue weighted by molar-refractivity contribution is 5.94. The zero-order valence-electron chi connectivity index (χ0n) is 11.8. The third-order valence-electron chi connectivity index (χ3n) is 3.52. The second-order valence-corrected chi connectivity index (χ2v) is 5.06. The largest absolute Gasteiger partial charge is 0.352 e. The van der Waals surface area contributed by atoms with E-state index in [9.17, 15) is 9.59 Å². The van der Waals surface area contributed by atoms with Gasteiger partial charge in [-0.2, -0.15) is 0 Å². The molecular formula is C15H21N3O2. The van der Waals surface area contributed by atoms with E-state index in [1.54, 1.807) is 12.1 Å². The van der Waals surface area contributed by atoms with Crippen molar-refractivity contribution in [1.29, 1.82) is 0 Å². The number of hydrogen-bond acceptors (Lipinski definition) is 3. The smallest absolute Gasteiger partial charge is 0.251 e. The molecule has 2 amide bonds. The van der Waals surface area contributed by atoms with E-state index < -0.39 is 0 Å². The van der Waals surface area contributed by atoms with Crippen molar-refractivity contribution >= 4 is 11.8 Å². The fraction of sp³-hybridized carbons (Fsp3) is 0.467. The lowest BCUT2D eigenvalue weighted by Crippen LogP contribution is -2.47. The van der Waals surface area contributed by atoms with Crippen molar-refractivity contribution in [3.63, 3.8) is 0 Å². The van der Waals surface area contributed by atoms with Crippen LogP contribution in [0.1, 0.15) is 16.8 Å². The number of carbonyl (C=O) groups is 2. The van der Waals surface area contributed by atoms with Crippen molar-refractivity contribution < 1.29 is 9.59 Å². The Morgan fingerprint density at radius 2 is 1.75 bits per heavy atom. The molecule has 0 radical (unpaired) electrons. The molecule has 0 saturated carbocycles. The summed E-state index contributed by atoms with van der Waals surface area (Å²) >= 11 is 0. The first-order valence-electron chi connectivity index (χ1n) is 6.96. The molecule has 1 N–H and O–H groups in total. The van der Waals surface area contributed by atoms with E-state index in [2.05, 4.69) is 17.3 Å². The number of hydrogen-bond donors (Lipinski definition) is 1. The predicted molar refractivity (Wildman–Crippen MR) is 77.5 cm³/mol. The Kier molecular flexibility index (Phi) is 5.12. The van der Waals surface area contributed by atoms with Gasteiger partial charge in [-0.25, -0.2) is 0 Å². The average Bonchev–Trinajstić information content (AvgIpc) is 2.48. The molecule has 20 heavy (non-hydrogen) atoms. The first-order valence-corrected chi connectivity index (χ1v) is 6.96. The molecule has 0 aromatic heterocycles. The molecule has 0 aliphatic carbocycles. The van der Waals surface area contributed by atoms with Crippen molar-refractivity contribution in [2.24, 2.45) is 0 Å². The Balaban J connectivity index is 1.70. The summed E-state index contributed by atoms with van der Waals surface area (Å²) in [5.41, 5.74) is 0.625. The molecule has 1 saturated heterocycles. The average molecular weight is 275 g/mol. The molecule has 1 fully saturated rings. The van der Waals surface area contributed by atoms with Gasteiger partial charge in [-0.3, -0.25) is 9.59 Å². The van der Waals surface area contributed by atoms with E-state index >= 15 is 0 Å². The molecule has 0 atom stereocenters. The normalized spacial score (nSPS) is 15.9. The second-order valence-electron chi connectivity index (χ2n) is 5.06. The summed E-state index contributed by atoms with van der Waals surface area (Å²) in [5.74, 6) is -0.0109. The maximum Gasteiger partial charge on any atom is 0.251 e. The maximum absolute atomic E-state index is 12.0. The van der Waals surface area contributed by atoms with Crippen LogP contribution in [0.4, 0.5) is 0 Å². The molecule has 5 heteroatoms. The van der Waals surface area contributed by atoms with E-state index in [0.29, 0.717) is 18.5 Å². The number of benzene rings is 1. The summed E-state index contributed by atoms with van der Waals surface area (Å²) in [6.07, 6.45) is 0.363. The monoisotopic (exact) mass is 275 g/mol. The molecule has 1 heterocycles. The van der Waals surface area contributed by atoms with Crippen LogP contribution in [0.2, 0.25) is 0 Å². The van der Waals surface area contributed by atoms with Gasteiger partial charge in [-0.1, -0.05) is 18.2 Å². The van der Waals surface area contributed by atoms with E-state index in [1.807, 2.05) is 23.1 Å². The maximum atomic E-state index is 12.0. The Labute approximate surface area is 119 Å². The topological polar surface area (TPSA) is 52.6 Å². The predicted octanol–water partition coefficient (Wildman–Crippen LogP) is 0.581. The highest BCUT2D eigenvalue weighted by Crippen LogP contribution is 2.02. The lowest BCUT2D eigenvalue weighted by molar-refractivity contribution is -0.132. The van der Waals surface area contributed by atoms with E-state index in [0.717, 1.165) is 26.2 Å². The third-order valence-corrected chi connectivity index (χ3v) is 3.52. The molecule has 2 rings (SSSR count). The lowest BCUT2D eigenvalue weighted by Gasteiger charge is -2.32. The minimum atomic E-state index is -0.128. The summed E-state index contributed by atoms with van der Waals surface area (Å²) in [4.78, 5) is 27.9. The van der Waals surface area contributed by atoms with Crippen LogP contribution in [0, 0.1) is 0 Å².